The molecule has 0 spiro atoms. The Labute approximate surface area is 102 Å². The third-order valence-electron chi connectivity index (χ3n) is 1.94. The number of carboxylic acids is 1. The first-order valence-corrected chi connectivity index (χ1v) is 5.60. The summed E-state index contributed by atoms with van der Waals surface area (Å²) in [7, 11) is 0. The predicted octanol–water partition coefficient (Wildman–Crippen LogP) is 1.73. The van der Waals surface area contributed by atoms with E-state index in [0.29, 0.717) is 23.3 Å². The Morgan fingerprint density at radius 3 is 2.94 bits per heavy atom. The van der Waals surface area contributed by atoms with Gasteiger partial charge in [0.05, 0.1) is 6.10 Å². The average Bonchev–Trinajstić information content (AvgIpc) is 2.19. The van der Waals surface area contributed by atoms with Gasteiger partial charge in [0, 0.05) is 17.2 Å². The van der Waals surface area contributed by atoms with E-state index in [-0.39, 0.29) is 5.56 Å². The molecule has 1 rings (SSSR count). The maximum absolute atomic E-state index is 10.9. The van der Waals surface area contributed by atoms with Crippen molar-refractivity contribution in [3.8, 4) is 0 Å². The van der Waals surface area contributed by atoms with Crippen LogP contribution in [0.3, 0.4) is 0 Å². The van der Waals surface area contributed by atoms with Crippen LogP contribution >= 0.6 is 15.9 Å². The Hall–Kier alpha value is -1.14. The van der Waals surface area contributed by atoms with Crippen molar-refractivity contribution in [2.24, 2.45) is 0 Å². The number of aliphatic hydroxyl groups excluding tert-OH is 1. The SMILES string of the molecule is CC(O)CCNc1ncc(Br)cc1C(=O)O. The number of halogens is 1. The van der Waals surface area contributed by atoms with Gasteiger partial charge in [-0.1, -0.05) is 0 Å². The van der Waals surface area contributed by atoms with Gasteiger partial charge in [-0.15, -0.1) is 0 Å². The van der Waals surface area contributed by atoms with Crippen molar-refractivity contribution in [1.29, 1.82) is 0 Å². The number of carboxylic acid groups (broad SMARTS) is 1. The van der Waals surface area contributed by atoms with Crippen molar-refractivity contribution in [3.05, 3.63) is 22.3 Å². The van der Waals surface area contributed by atoms with Crippen LogP contribution in [0.1, 0.15) is 23.7 Å². The summed E-state index contributed by atoms with van der Waals surface area (Å²) in [5.74, 6) is -0.718. The molecule has 0 saturated carbocycles. The minimum atomic E-state index is -1.03. The van der Waals surface area contributed by atoms with E-state index in [9.17, 15) is 4.79 Å². The third kappa shape index (κ3) is 3.79. The molecule has 0 aliphatic carbocycles. The lowest BCUT2D eigenvalue weighted by molar-refractivity contribution is 0.0697. The molecule has 0 bridgehead atoms. The second-order valence-corrected chi connectivity index (χ2v) is 4.34. The van der Waals surface area contributed by atoms with Gasteiger partial charge >= 0.3 is 5.97 Å². The molecule has 0 aromatic carbocycles. The highest BCUT2D eigenvalue weighted by molar-refractivity contribution is 9.10. The van der Waals surface area contributed by atoms with Crippen LogP contribution in [0.2, 0.25) is 0 Å². The summed E-state index contributed by atoms with van der Waals surface area (Å²) < 4.78 is 0.617. The summed E-state index contributed by atoms with van der Waals surface area (Å²) in [5, 5.41) is 20.9. The molecule has 0 saturated heterocycles. The molecular formula is C10H13BrN2O3. The van der Waals surface area contributed by atoms with Gasteiger partial charge in [0.25, 0.3) is 0 Å². The first-order chi connectivity index (χ1) is 7.50. The fourth-order valence-corrected chi connectivity index (χ4v) is 1.47. The number of aliphatic hydroxyl groups is 1. The molecule has 6 heteroatoms. The Morgan fingerprint density at radius 2 is 2.38 bits per heavy atom. The first-order valence-electron chi connectivity index (χ1n) is 4.81. The standard InChI is InChI=1S/C10H13BrN2O3/c1-6(14)2-3-12-9-8(10(15)16)4-7(11)5-13-9/h4-6,14H,2-3H2,1H3,(H,12,13)(H,15,16). The zero-order valence-corrected chi connectivity index (χ0v) is 10.4. The van der Waals surface area contributed by atoms with Gasteiger partial charge in [-0.2, -0.15) is 0 Å². The van der Waals surface area contributed by atoms with Crippen molar-refractivity contribution < 1.29 is 15.0 Å². The molecule has 0 fully saturated rings. The summed E-state index contributed by atoms with van der Waals surface area (Å²) in [6.07, 6.45) is 1.64. The highest BCUT2D eigenvalue weighted by atomic mass is 79.9. The summed E-state index contributed by atoms with van der Waals surface area (Å²) in [5.41, 5.74) is 0.111. The van der Waals surface area contributed by atoms with E-state index in [2.05, 4.69) is 26.2 Å². The Morgan fingerprint density at radius 1 is 1.69 bits per heavy atom. The number of hydrogen-bond donors (Lipinski definition) is 3. The van der Waals surface area contributed by atoms with Gasteiger partial charge in [-0.3, -0.25) is 0 Å². The Bertz CT molecular complexity index is 382. The van der Waals surface area contributed by atoms with Crippen LogP contribution in [0.15, 0.2) is 16.7 Å². The molecule has 1 aromatic heterocycles. The van der Waals surface area contributed by atoms with E-state index in [1.807, 2.05) is 0 Å². The van der Waals surface area contributed by atoms with Crippen LogP contribution in [0, 0.1) is 0 Å². The molecule has 1 atom stereocenters. The van der Waals surface area contributed by atoms with Crippen molar-refractivity contribution >= 4 is 27.7 Å². The van der Waals surface area contributed by atoms with Gasteiger partial charge in [-0.05, 0) is 35.3 Å². The number of aromatic carboxylic acids is 1. The summed E-state index contributed by atoms with van der Waals surface area (Å²) in [6, 6.07) is 1.49. The smallest absolute Gasteiger partial charge is 0.339 e. The fourth-order valence-electron chi connectivity index (χ4n) is 1.14. The van der Waals surface area contributed by atoms with Crippen LogP contribution in [-0.2, 0) is 0 Å². The third-order valence-corrected chi connectivity index (χ3v) is 2.37. The number of carbonyl (C=O) groups is 1. The molecule has 0 amide bonds. The number of rotatable bonds is 5. The molecular weight excluding hydrogens is 276 g/mol. The molecule has 0 aliphatic rings. The second-order valence-electron chi connectivity index (χ2n) is 3.42. The zero-order valence-electron chi connectivity index (χ0n) is 8.77. The summed E-state index contributed by atoms with van der Waals surface area (Å²) in [4.78, 5) is 14.9. The van der Waals surface area contributed by atoms with Gasteiger partial charge < -0.3 is 15.5 Å². The number of anilines is 1. The molecule has 1 heterocycles. The lowest BCUT2D eigenvalue weighted by Gasteiger charge is -2.09. The van der Waals surface area contributed by atoms with Gasteiger partial charge in [-0.25, -0.2) is 9.78 Å². The number of nitrogens with zero attached hydrogens (tertiary/aromatic N) is 1. The predicted molar refractivity (Wildman–Crippen MR) is 63.7 cm³/mol. The monoisotopic (exact) mass is 288 g/mol. The second kappa shape index (κ2) is 5.81. The van der Waals surface area contributed by atoms with E-state index in [1.165, 1.54) is 12.3 Å². The van der Waals surface area contributed by atoms with E-state index in [1.54, 1.807) is 6.92 Å². The van der Waals surface area contributed by atoms with Crippen LogP contribution in [-0.4, -0.2) is 33.8 Å². The lowest BCUT2D eigenvalue weighted by atomic mass is 10.2. The van der Waals surface area contributed by atoms with Gasteiger partial charge in [0.15, 0.2) is 0 Å². The van der Waals surface area contributed by atoms with Crippen LogP contribution in [0.5, 0.6) is 0 Å². The summed E-state index contributed by atoms with van der Waals surface area (Å²) >= 11 is 3.16. The van der Waals surface area contributed by atoms with Crippen molar-refractivity contribution in [2.75, 3.05) is 11.9 Å². The molecule has 1 unspecified atom stereocenters. The zero-order chi connectivity index (χ0) is 12.1. The van der Waals surface area contributed by atoms with Crippen molar-refractivity contribution in [2.45, 2.75) is 19.4 Å². The van der Waals surface area contributed by atoms with Crippen LogP contribution < -0.4 is 5.32 Å². The fraction of sp³-hybridized carbons (Fsp3) is 0.400. The average molecular weight is 289 g/mol. The van der Waals surface area contributed by atoms with E-state index < -0.39 is 12.1 Å². The van der Waals surface area contributed by atoms with Crippen molar-refractivity contribution in [1.82, 2.24) is 4.98 Å². The summed E-state index contributed by atoms with van der Waals surface area (Å²) in [6.45, 7) is 2.15. The van der Waals surface area contributed by atoms with E-state index in [4.69, 9.17) is 10.2 Å². The van der Waals surface area contributed by atoms with Gasteiger partial charge in [0.1, 0.15) is 11.4 Å². The normalized spacial score (nSPS) is 12.2. The Balaban J connectivity index is 2.75. The molecule has 88 valence electrons. The highest BCUT2D eigenvalue weighted by Crippen LogP contribution is 2.17. The maximum Gasteiger partial charge on any atom is 0.339 e. The van der Waals surface area contributed by atoms with E-state index >= 15 is 0 Å². The van der Waals surface area contributed by atoms with Crippen LogP contribution in [0.4, 0.5) is 5.82 Å². The Kier molecular flexibility index (Phi) is 4.70. The minimum absolute atomic E-state index is 0.111. The molecule has 1 aromatic rings. The molecule has 3 N–H and O–H groups in total. The van der Waals surface area contributed by atoms with Crippen LogP contribution in [0.25, 0.3) is 0 Å². The number of hydrogen-bond acceptors (Lipinski definition) is 4. The van der Waals surface area contributed by atoms with Gasteiger partial charge in [0.2, 0.25) is 0 Å². The minimum Gasteiger partial charge on any atom is -0.478 e. The molecule has 0 radical (unpaired) electrons. The first kappa shape index (κ1) is 12.9. The largest absolute Gasteiger partial charge is 0.478 e. The molecule has 5 nitrogen and oxygen atoms in total. The number of nitrogens with one attached hydrogen (secondary N) is 1. The highest BCUT2D eigenvalue weighted by Gasteiger charge is 2.11. The maximum atomic E-state index is 10.9. The van der Waals surface area contributed by atoms with E-state index in [0.717, 1.165) is 0 Å². The molecule has 0 aliphatic heterocycles. The number of pyridine rings is 1. The topological polar surface area (TPSA) is 82.5 Å². The quantitative estimate of drug-likeness (QED) is 0.769. The lowest BCUT2D eigenvalue weighted by Crippen LogP contribution is -2.13. The number of aromatic nitrogens is 1. The van der Waals surface area contributed by atoms with Crippen molar-refractivity contribution in [3.63, 3.8) is 0 Å². The molecule has 16 heavy (non-hydrogen) atoms.